The summed E-state index contributed by atoms with van der Waals surface area (Å²) in [5, 5.41) is -0.0000149. The molecule has 2 unspecified atom stereocenters. The number of rotatable bonds is 18. The number of carbonyl (C=O) groups is 2. The molecule has 0 aliphatic rings. The van der Waals surface area contributed by atoms with E-state index in [2.05, 4.69) is 6.92 Å². The van der Waals surface area contributed by atoms with Crippen molar-refractivity contribution in [1.82, 2.24) is 0 Å². The van der Waals surface area contributed by atoms with E-state index in [1.807, 2.05) is 28.1 Å². The van der Waals surface area contributed by atoms with Gasteiger partial charge in [0.1, 0.15) is 19.3 Å². The van der Waals surface area contributed by atoms with Gasteiger partial charge in [0.05, 0.1) is 27.7 Å². The molecule has 0 aromatic rings. The number of hydrogen-bond acceptors (Lipinski definition) is 8. The first-order valence-electron chi connectivity index (χ1n) is 10.7. The van der Waals surface area contributed by atoms with E-state index in [0.29, 0.717) is 23.9 Å². The zero-order valence-corrected chi connectivity index (χ0v) is 20.9. The molecule has 0 aromatic heterocycles. The average molecular weight is 470 g/mol. The molecule has 0 saturated carbocycles. The Hall–Kier alpha value is -0.440. The largest absolute Gasteiger partial charge is 0.756 e. The minimum atomic E-state index is -4.52. The summed E-state index contributed by atoms with van der Waals surface area (Å²) >= 11 is 1.05. The zero-order chi connectivity index (χ0) is 23.0. The van der Waals surface area contributed by atoms with Crippen LogP contribution in [0, 0.1) is 0 Å². The Bertz CT molecular complexity index is 540. The molecule has 178 valence electrons. The first kappa shape index (κ1) is 29.6. The van der Waals surface area contributed by atoms with Crippen LogP contribution < -0.4 is 4.89 Å². The van der Waals surface area contributed by atoms with Crippen LogP contribution in [0.4, 0.5) is 0 Å². The van der Waals surface area contributed by atoms with Crippen molar-refractivity contribution in [3.05, 3.63) is 0 Å². The van der Waals surface area contributed by atoms with Crippen LogP contribution in [0.25, 0.3) is 0 Å². The fourth-order valence-corrected chi connectivity index (χ4v) is 3.85. The second-order valence-corrected chi connectivity index (χ2v) is 10.8. The molecule has 2 atom stereocenters. The van der Waals surface area contributed by atoms with E-state index in [1.165, 1.54) is 0 Å². The Labute approximate surface area is 186 Å². The number of nitrogens with zero attached hydrogens (tertiary/aromatic N) is 1. The van der Waals surface area contributed by atoms with Crippen LogP contribution in [0.2, 0.25) is 0 Å². The number of unbranched alkanes of at least 4 members (excludes halogenated alkanes) is 4. The highest BCUT2D eigenvalue weighted by Gasteiger charge is 2.21. The predicted octanol–water partition coefficient (Wildman–Crippen LogP) is 3.53. The molecule has 0 bridgehead atoms. The molecular weight excluding hydrogens is 429 g/mol. The van der Waals surface area contributed by atoms with Crippen LogP contribution in [0.1, 0.15) is 65.2 Å². The number of quaternary nitrogens is 1. The molecule has 0 heterocycles. The molecule has 8 nitrogen and oxygen atoms in total. The van der Waals surface area contributed by atoms with Crippen LogP contribution in [0.15, 0.2) is 0 Å². The molecule has 0 fully saturated rings. The monoisotopic (exact) mass is 469 g/mol. The van der Waals surface area contributed by atoms with Gasteiger partial charge in [-0.05, 0) is 12.8 Å². The smallest absolute Gasteiger partial charge is 0.306 e. The lowest BCUT2D eigenvalue weighted by atomic mass is 10.2. The number of carbonyl (C=O) groups excluding carboxylic acids is 2. The van der Waals surface area contributed by atoms with Crippen molar-refractivity contribution in [2.24, 2.45) is 0 Å². The fraction of sp³-hybridized carbons (Fsp3) is 0.900. The van der Waals surface area contributed by atoms with Gasteiger partial charge in [0.25, 0.3) is 7.82 Å². The Balaban J connectivity index is 4.63. The summed E-state index contributed by atoms with van der Waals surface area (Å²) in [5.74, 6) is -0.258. The predicted molar refractivity (Wildman–Crippen MR) is 118 cm³/mol. The van der Waals surface area contributed by atoms with Crippen molar-refractivity contribution in [3.8, 4) is 0 Å². The zero-order valence-electron chi connectivity index (χ0n) is 19.2. The number of phosphoric acid groups is 1. The molecule has 0 aliphatic carbocycles. The SMILES string of the molecule is CCCCCC(=O)OC(COP(=O)([O-])OCC[N+](C)(C)C)CSC(=O)CCCCC. The topological polar surface area (TPSA) is 102 Å². The summed E-state index contributed by atoms with van der Waals surface area (Å²) in [4.78, 5) is 36.0. The number of likely N-dealkylation sites (N-methyl/N-ethyl adjacent to an activating group) is 1. The summed E-state index contributed by atoms with van der Waals surface area (Å²) in [6, 6.07) is 0. The molecule has 30 heavy (non-hydrogen) atoms. The van der Waals surface area contributed by atoms with Crippen LogP contribution in [0.5, 0.6) is 0 Å². The average Bonchev–Trinajstić information content (AvgIpc) is 2.63. The molecular formula is C20H40NO7PS. The second kappa shape index (κ2) is 16.2. The summed E-state index contributed by atoms with van der Waals surface area (Å²) < 4.78 is 27.7. The number of ether oxygens (including phenoxy) is 1. The van der Waals surface area contributed by atoms with Crippen LogP contribution in [0.3, 0.4) is 0 Å². The van der Waals surface area contributed by atoms with Gasteiger partial charge in [-0.25, -0.2) is 0 Å². The van der Waals surface area contributed by atoms with Gasteiger partial charge < -0.3 is 23.2 Å². The van der Waals surface area contributed by atoms with Crippen molar-refractivity contribution >= 4 is 30.7 Å². The molecule has 0 rings (SSSR count). The van der Waals surface area contributed by atoms with E-state index in [-0.39, 0.29) is 30.5 Å². The van der Waals surface area contributed by atoms with E-state index in [0.717, 1.165) is 43.9 Å². The third-order valence-corrected chi connectivity index (χ3v) is 6.16. The van der Waals surface area contributed by atoms with E-state index < -0.39 is 19.9 Å². The lowest BCUT2D eigenvalue weighted by Gasteiger charge is -2.28. The lowest BCUT2D eigenvalue weighted by molar-refractivity contribution is -0.870. The molecule has 0 radical (unpaired) electrons. The van der Waals surface area contributed by atoms with Crippen molar-refractivity contribution < 1.29 is 37.3 Å². The third-order valence-electron chi connectivity index (χ3n) is 4.13. The van der Waals surface area contributed by atoms with Gasteiger partial charge in [0.2, 0.25) is 0 Å². The Morgan fingerprint density at radius 2 is 1.60 bits per heavy atom. The molecule has 0 aliphatic heterocycles. The number of thioether (sulfide) groups is 1. The maximum Gasteiger partial charge on any atom is 0.306 e. The van der Waals surface area contributed by atoms with Gasteiger partial charge >= 0.3 is 5.97 Å². The molecule has 0 N–H and O–H groups in total. The Morgan fingerprint density at radius 1 is 1.00 bits per heavy atom. The fourth-order valence-electron chi connectivity index (χ4n) is 2.30. The highest BCUT2D eigenvalue weighted by atomic mass is 32.2. The Kier molecular flexibility index (Phi) is 16.0. The van der Waals surface area contributed by atoms with Crippen molar-refractivity contribution in [2.75, 3.05) is 46.7 Å². The summed E-state index contributed by atoms with van der Waals surface area (Å²) in [5.41, 5.74) is 0. The van der Waals surface area contributed by atoms with Gasteiger partial charge in [-0.15, -0.1) is 0 Å². The lowest BCUT2D eigenvalue weighted by Crippen LogP contribution is -2.37. The van der Waals surface area contributed by atoms with Crippen LogP contribution in [-0.4, -0.2) is 68.3 Å². The molecule has 10 heteroatoms. The number of esters is 1. The molecule has 0 saturated heterocycles. The van der Waals surface area contributed by atoms with Crippen molar-refractivity contribution in [1.29, 1.82) is 0 Å². The standard InChI is InChI=1S/C20H40NO7PS/c1-6-8-10-12-19(22)28-18(17-30-20(23)13-11-9-7-2)16-27-29(24,25)26-15-14-21(3,4)5/h18H,6-17H2,1-5H3. The van der Waals surface area contributed by atoms with Gasteiger partial charge in [0, 0.05) is 18.6 Å². The third kappa shape index (κ3) is 18.3. The normalized spacial score (nSPS) is 14.9. The first-order valence-corrected chi connectivity index (χ1v) is 13.2. The van der Waals surface area contributed by atoms with Crippen LogP contribution in [-0.2, 0) is 27.9 Å². The van der Waals surface area contributed by atoms with E-state index in [9.17, 15) is 19.0 Å². The van der Waals surface area contributed by atoms with Gasteiger partial charge in [-0.1, -0.05) is 51.3 Å². The number of phosphoric ester groups is 1. The molecule has 0 spiro atoms. The summed E-state index contributed by atoms with van der Waals surface area (Å²) in [7, 11) is 1.24. The summed E-state index contributed by atoms with van der Waals surface area (Å²) in [6.45, 7) is 4.23. The highest BCUT2D eigenvalue weighted by Crippen LogP contribution is 2.38. The minimum absolute atomic E-state index is 0.0000149. The summed E-state index contributed by atoms with van der Waals surface area (Å²) in [6.07, 6.45) is 5.30. The molecule has 0 aromatic carbocycles. The second-order valence-electron chi connectivity index (χ2n) is 8.30. The highest BCUT2D eigenvalue weighted by molar-refractivity contribution is 8.13. The quantitative estimate of drug-likeness (QED) is 0.130. The van der Waals surface area contributed by atoms with E-state index >= 15 is 0 Å². The Morgan fingerprint density at radius 3 is 2.17 bits per heavy atom. The van der Waals surface area contributed by atoms with Gasteiger partial charge in [0.15, 0.2) is 5.12 Å². The minimum Gasteiger partial charge on any atom is -0.756 e. The number of hydrogen-bond donors (Lipinski definition) is 0. The van der Waals surface area contributed by atoms with E-state index in [1.54, 1.807) is 0 Å². The first-order chi connectivity index (χ1) is 14.0. The van der Waals surface area contributed by atoms with Crippen LogP contribution >= 0.6 is 19.6 Å². The maximum atomic E-state index is 12.0. The molecule has 0 amide bonds. The van der Waals surface area contributed by atoms with Gasteiger partial charge in [-0.2, -0.15) is 0 Å². The van der Waals surface area contributed by atoms with Crippen molar-refractivity contribution in [2.45, 2.75) is 71.3 Å². The van der Waals surface area contributed by atoms with E-state index in [4.69, 9.17) is 13.8 Å². The van der Waals surface area contributed by atoms with Gasteiger partial charge in [-0.3, -0.25) is 14.2 Å². The van der Waals surface area contributed by atoms with Crippen molar-refractivity contribution in [3.63, 3.8) is 0 Å². The maximum absolute atomic E-state index is 12.0.